The van der Waals surface area contributed by atoms with Gasteiger partial charge in [0.2, 0.25) is 5.91 Å². The zero-order chi connectivity index (χ0) is 18.5. The Balaban J connectivity index is 1.51. The van der Waals surface area contributed by atoms with E-state index in [9.17, 15) is 9.90 Å². The number of benzene rings is 1. The Labute approximate surface area is 159 Å². The van der Waals surface area contributed by atoms with Gasteiger partial charge in [-0.15, -0.1) is 0 Å². The minimum absolute atomic E-state index is 0.0433. The number of anilines is 1. The van der Waals surface area contributed by atoms with Gasteiger partial charge >= 0.3 is 0 Å². The smallest absolute Gasteiger partial charge is 0.225 e. The summed E-state index contributed by atoms with van der Waals surface area (Å²) in [6.45, 7) is 0. The van der Waals surface area contributed by atoms with Crippen molar-refractivity contribution < 1.29 is 19.4 Å². The molecule has 4 aliphatic rings. The number of carbonyl (C=O) groups is 1. The molecule has 1 aromatic carbocycles. The third kappa shape index (κ3) is 3.16. The van der Waals surface area contributed by atoms with E-state index in [0.29, 0.717) is 40.5 Å². The first kappa shape index (κ1) is 17.9. The molecule has 5 nitrogen and oxygen atoms in total. The topological polar surface area (TPSA) is 67.8 Å². The third-order valence-corrected chi connectivity index (χ3v) is 6.73. The van der Waals surface area contributed by atoms with Crippen molar-refractivity contribution in [2.45, 2.75) is 50.5 Å². The zero-order valence-corrected chi connectivity index (χ0v) is 16.1. The quantitative estimate of drug-likeness (QED) is 0.810. The molecule has 4 bridgehead atoms. The van der Waals surface area contributed by atoms with E-state index in [1.165, 1.54) is 13.5 Å². The Morgan fingerprint density at radius 2 is 1.85 bits per heavy atom. The van der Waals surface area contributed by atoms with Crippen molar-refractivity contribution in [1.29, 1.82) is 0 Å². The number of rotatable bonds is 5. The fourth-order valence-corrected chi connectivity index (χ4v) is 6.33. The first-order valence-electron chi connectivity index (χ1n) is 9.27. The number of ether oxygens (including phenoxy) is 2. The van der Waals surface area contributed by atoms with Crippen molar-refractivity contribution in [2.24, 2.45) is 17.3 Å². The fraction of sp³-hybridized carbons (Fsp3) is 0.650. The van der Waals surface area contributed by atoms with Crippen LogP contribution in [0.4, 0.5) is 5.69 Å². The molecule has 6 heteroatoms. The molecule has 5 rings (SSSR count). The van der Waals surface area contributed by atoms with E-state index in [1.54, 1.807) is 19.2 Å². The average Bonchev–Trinajstić information content (AvgIpc) is 2.53. The third-order valence-electron chi connectivity index (χ3n) is 6.43. The van der Waals surface area contributed by atoms with E-state index >= 15 is 0 Å². The molecule has 4 saturated carbocycles. The lowest BCUT2D eigenvalue weighted by molar-refractivity contribution is -0.167. The normalized spacial score (nSPS) is 34.6. The van der Waals surface area contributed by atoms with Crippen LogP contribution in [0.5, 0.6) is 11.5 Å². The summed E-state index contributed by atoms with van der Waals surface area (Å²) < 4.78 is 10.6. The molecular weight excluding hydrogens is 354 g/mol. The summed E-state index contributed by atoms with van der Waals surface area (Å²) in [5.74, 6) is 2.09. The lowest BCUT2D eigenvalue weighted by Gasteiger charge is -2.60. The molecule has 0 aliphatic heterocycles. The minimum Gasteiger partial charge on any atom is -0.495 e. The van der Waals surface area contributed by atoms with Crippen LogP contribution in [-0.2, 0) is 4.79 Å². The highest BCUT2D eigenvalue weighted by Gasteiger charge is 2.57. The van der Waals surface area contributed by atoms with E-state index in [1.807, 2.05) is 0 Å². The molecule has 0 saturated heterocycles. The Hall–Kier alpha value is -1.46. The van der Waals surface area contributed by atoms with Crippen LogP contribution in [-0.4, -0.2) is 30.8 Å². The number of nitrogens with one attached hydrogen (secondary N) is 1. The summed E-state index contributed by atoms with van der Waals surface area (Å²) in [7, 11) is 3.08. The van der Waals surface area contributed by atoms with Crippen LogP contribution in [0.3, 0.4) is 0 Å². The van der Waals surface area contributed by atoms with Gasteiger partial charge in [0.1, 0.15) is 11.5 Å². The van der Waals surface area contributed by atoms with Crippen LogP contribution >= 0.6 is 11.6 Å². The monoisotopic (exact) mass is 379 g/mol. The fourth-order valence-electron chi connectivity index (χ4n) is 6.10. The van der Waals surface area contributed by atoms with E-state index in [4.69, 9.17) is 21.1 Å². The van der Waals surface area contributed by atoms with Gasteiger partial charge in [-0.05, 0) is 55.8 Å². The largest absolute Gasteiger partial charge is 0.495 e. The molecule has 0 heterocycles. The van der Waals surface area contributed by atoms with Crippen LogP contribution in [0.25, 0.3) is 0 Å². The predicted octanol–water partition coefficient (Wildman–Crippen LogP) is 4.02. The first-order valence-corrected chi connectivity index (χ1v) is 9.65. The molecule has 2 N–H and O–H groups in total. The van der Waals surface area contributed by atoms with Crippen molar-refractivity contribution in [3.63, 3.8) is 0 Å². The molecule has 2 unspecified atom stereocenters. The maximum Gasteiger partial charge on any atom is 0.225 e. The predicted molar refractivity (Wildman–Crippen MR) is 99.9 cm³/mol. The van der Waals surface area contributed by atoms with Gasteiger partial charge in [-0.3, -0.25) is 4.79 Å². The molecule has 4 atom stereocenters. The highest BCUT2D eigenvalue weighted by atomic mass is 35.5. The number of halogens is 1. The van der Waals surface area contributed by atoms with E-state index in [-0.39, 0.29) is 11.3 Å². The summed E-state index contributed by atoms with van der Waals surface area (Å²) >= 11 is 6.13. The molecule has 4 aliphatic carbocycles. The number of hydrogen-bond donors (Lipinski definition) is 2. The first-order chi connectivity index (χ1) is 12.3. The van der Waals surface area contributed by atoms with E-state index < -0.39 is 5.60 Å². The molecule has 142 valence electrons. The van der Waals surface area contributed by atoms with Crippen molar-refractivity contribution >= 4 is 23.2 Å². The van der Waals surface area contributed by atoms with Gasteiger partial charge in [0.05, 0.1) is 30.5 Å². The van der Waals surface area contributed by atoms with Gasteiger partial charge in [-0.2, -0.15) is 0 Å². The molecule has 1 amide bonds. The van der Waals surface area contributed by atoms with Crippen LogP contribution in [0.1, 0.15) is 44.9 Å². The van der Waals surface area contributed by atoms with Crippen LogP contribution < -0.4 is 14.8 Å². The highest BCUT2D eigenvalue weighted by Crippen LogP contribution is 2.62. The van der Waals surface area contributed by atoms with Gasteiger partial charge in [-0.1, -0.05) is 11.6 Å². The molecule has 1 aromatic rings. The van der Waals surface area contributed by atoms with E-state index in [2.05, 4.69) is 5.32 Å². The van der Waals surface area contributed by atoms with Gasteiger partial charge in [0, 0.05) is 18.6 Å². The van der Waals surface area contributed by atoms with Crippen molar-refractivity contribution in [1.82, 2.24) is 0 Å². The number of aliphatic hydroxyl groups is 1. The highest BCUT2D eigenvalue weighted by molar-refractivity contribution is 6.32. The molecule has 26 heavy (non-hydrogen) atoms. The zero-order valence-electron chi connectivity index (χ0n) is 15.3. The van der Waals surface area contributed by atoms with Gasteiger partial charge in [-0.25, -0.2) is 0 Å². The average molecular weight is 380 g/mol. The maximum absolute atomic E-state index is 12.8. The maximum atomic E-state index is 12.8. The van der Waals surface area contributed by atoms with Gasteiger partial charge < -0.3 is 19.9 Å². The van der Waals surface area contributed by atoms with Crippen molar-refractivity contribution in [2.75, 3.05) is 19.5 Å². The lowest BCUT2D eigenvalue weighted by atomic mass is 9.47. The number of hydrogen-bond acceptors (Lipinski definition) is 4. The summed E-state index contributed by atoms with van der Waals surface area (Å²) in [6.07, 6.45) is 6.34. The van der Waals surface area contributed by atoms with Gasteiger partial charge in [0.25, 0.3) is 0 Å². The molecule has 0 radical (unpaired) electrons. The van der Waals surface area contributed by atoms with E-state index in [0.717, 1.165) is 32.1 Å². The summed E-state index contributed by atoms with van der Waals surface area (Å²) in [5.41, 5.74) is -0.0553. The number of amides is 1. The summed E-state index contributed by atoms with van der Waals surface area (Å²) in [4.78, 5) is 12.8. The molecule has 4 fully saturated rings. The second-order valence-corrected chi connectivity index (χ2v) is 9.00. The second-order valence-electron chi connectivity index (χ2n) is 8.60. The van der Waals surface area contributed by atoms with Crippen LogP contribution in [0.15, 0.2) is 12.1 Å². The molecule has 0 spiro atoms. The number of methoxy groups -OCH3 is 2. The lowest BCUT2D eigenvalue weighted by Crippen LogP contribution is -2.56. The molecule has 0 aromatic heterocycles. The Morgan fingerprint density at radius 1 is 1.19 bits per heavy atom. The Kier molecular flexibility index (Phi) is 4.35. The van der Waals surface area contributed by atoms with Crippen LogP contribution in [0.2, 0.25) is 5.02 Å². The number of carbonyl (C=O) groups excluding carboxylic acids is 1. The SMILES string of the molecule is COc1cc(NC(=O)CC23C[C@@H]4C[C@@H](CC(O)(C4)C2)C3)c(OC)cc1Cl. The van der Waals surface area contributed by atoms with Crippen molar-refractivity contribution in [3.05, 3.63) is 17.2 Å². The van der Waals surface area contributed by atoms with Crippen molar-refractivity contribution in [3.8, 4) is 11.5 Å². The second kappa shape index (κ2) is 6.31. The minimum atomic E-state index is -0.550. The Morgan fingerprint density at radius 3 is 2.42 bits per heavy atom. The van der Waals surface area contributed by atoms with Crippen LogP contribution in [0, 0.1) is 17.3 Å². The molecular formula is C20H26ClNO4. The summed E-state index contributed by atoms with van der Waals surface area (Å²) in [5, 5.41) is 14.3. The Bertz CT molecular complexity index is 721. The standard InChI is InChI=1S/C20H26ClNO4/c1-25-16-5-15(17(26-2)4-14(16)21)22-18(23)10-19-6-12-3-13(7-19)9-20(24,8-12)11-19/h4-5,12-13,24H,3,6-11H2,1-2H3,(H,22,23)/t12-,13+,19?,20?. The van der Waals surface area contributed by atoms with Gasteiger partial charge in [0.15, 0.2) is 0 Å². The summed E-state index contributed by atoms with van der Waals surface area (Å²) in [6, 6.07) is 3.33.